The van der Waals surface area contributed by atoms with E-state index in [1.807, 2.05) is 30.3 Å². The number of non-ortho nitro benzene ring substituents is 1. The second kappa shape index (κ2) is 6.79. The zero-order chi connectivity index (χ0) is 14.4. The first-order valence-electron chi connectivity index (χ1n) is 6.33. The van der Waals surface area contributed by atoms with Crippen LogP contribution in [-0.4, -0.2) is 16.6 Å². The van der Waals surface area contributed by atoms with Gasteiger partial charge >= 0.3 is 0 Å². The van der Waals surface area contributed by atoms with E-state index in [1.165, 1.54) is 12.1 Å². The van der Waals surface area contributed by atoms with Crippen LogP contribution < -0.4 is 5.32 Å². The van der Waals surface area contributed by atoms with Gasteiger partial charge in [0.05, 0.1) is 17.6 Å². The normalized spacial score (nSPS) is 12.1. The molecule has 0 saturated heterocycles. The number of nitrogens with one attached hydrogen (secondary N) is 1. The van der Waals surface area contributed by atoms with Crippen molar-refractivity contribution in [2.75, 3.05) is 6.61 Å². The van der Waals surface area contributed by atoms with Crippen molar-refractivity contribution in [2.45, 2.75) is 12.6 Å². The molecule has 5 nitrogen and oxygen atoms in total. The minimum atomic E-state index is -0.419. The molecule has 0 aliphatic heterocycles. The standard InChI is InChI=1S/C15H16N2O3/c18-11-15(13-4-2-1-3-5-13)16-10-12-6-8-14(9-7-12)17(19)20/h1-9,15-16,18H,10-11H2. The van der Waals surface area contributed by atoms with Crippen molar-refractivity contribution >= 4 is 5.69 Å². The van der Waals surface area contributed by atoms with E-state index in [-0.39, 0.29) is 18.3 Å². The average molecular weight is 272 g/mol. The first kappa shape index (κ1) is 14.2. The van der Waals surface area contributed by atoms with Gasteiger partial charge < -0.3 is 10.4 Å². The number of aliphatic hydroxyl groups is 1. The maximum atomic E-state index is 10.6. The third-order valence-corrected chi connectivity index (χ3v) is 3.08. The van der Waals surface area contributed by atoms with Crippen molar-refractivity contribution in [1.29, 1.82) is 0 Å². The maximum Gasteiger partial charge on any atom is 0.269 e. The van der Waals surface area contributed by atoms with Crippen LogP contribution in [0.2, 0.25) is 0 Å². The number of hydrogen-bond donors (Lipinski definition) is 2. The minimum absolute atomic E-state index is 0.00298. The van der Waals surface area contributed by atoms with E-state index in [0.29, 0.717) is 6.54 Å². The summed E-state index contributed by atoms with van der Waals surface area (Å²) in [5.41, 5.74) is 2.03. The number of benzene rings is 2. The minimum Gasteiger partial charge on any atom is -0.394 e. The highest BCUT2D eigenvalue weighted by Gasteiger charge is 2.09. The van der Waals surface area contributed by atoms with Crippen LogP contribution in [-0.2, 0) is 6.54 Å². The number of hydrogen-bond acceptors (Lipinski definition) is 4. The van der Waals surface area contributed by atoms with Gasteiger partial charge in [-0.2, -0.15) is 0 Å². The molecule has 2 rings (SSSR count). The number of aliphatic hydroxyl groups excluding tert-OH is 1. The maximum absolute atomic E-state index is 10.6. The molecule has 20 heavy (non-hydrogen) atoms. The van der Waals surface area contributed by atoms with Crippen LogP contribution in [0.4, 0.5) is 5.69 Å². The summed E-state index contributed by atoms with van der Waals surface area (Å²) in [6.45, 7) is 0.537. The molecule has 0 bridgehead atoms. The fraction of sp³-hybridized carbons (Fsp3) is 0.200. The van der Waals surface area contributed by atoms with Crippen molar-refractivity contribution in [2.24, 2.45) is 0 Å². The molecule has 0 aliphatic carbocycles. The molecule has 1 unspecified atom stereocenters. The molecule has 0 fully saturated rings. The van der Waals surface area contributed by atoms with E-state index in [4.69, 9.17) is 0 Å². The van der Waals surface area contributed by atoms with E-state index >= 15 is 0 Å². The zero-order valence-corrected chi connectivity index (χ0v) is 10.9. The molecule has 104 valence electrons. The van der Waals surface area contributed by atoms with Gasteiger partial charge in [-0.05, 0) is 11.1 Å². The van der Waals surface area contributed by atoms with E-state index in [2.05, 4.69) is 5.32 Å². The van der Waals surface area contributed by atoms with Crippen molar-refractivity contribution < 1.29 is 10.0 Å². The van der Waals surface area contributed by atoms with E-state index < -0.39 is 4.92 Å². The van der Waals surface area contributed by atoms with Gasteiger partial charge in [-0.15, -0.1) is 0 Å². The smallest absolute Gasteiger partial charge is 0.269 e. The number of nitro groups is 1. The van der Waals surface area contributed by atoms with Crippen LogP contribution in [0, 0.1) is 10.1 Å². The highest BCUT2D eigenvalue weighted by Crippen LogP contribution is 2.15. The van der Waals surface area contributed by atoms with Gasteiger partial charge in [0, 0.05) is 18.7 Å². The molecule has 0 aromatic heterocycles. The summed E-state index contributed by atoms with van der Waals surface area (Å²) >= 11 is 0. The lowest BCUT2D eigenvalue weighted by atomic mass is 10.1. The molecule has 0 saturated carbocycles. The average Bonchev–Trinajstić information content (AvgIpc) is 2.49. The first-order valence-corrected chi connectivity index (χ1v) is 6.33. The van der Waals surface area contributed by atoms with Crippen LogP contribution in [0.25, 0.3) is 0 Å². The summed E-state index contributed by atoms with van der Waals surface area (Å²) in [7, 11) is 0. The van der Waals surface area contributed by atoms with Gasteiger partial charge in [-0.1, -0.05) is 42.5 Å². The van der Waals surface area contributed by atoms with Gasteiger partial charge in [0.1, 0.15) is 0 Å². The van der Waals surface area contributed by atoms with Crippen molar-refractivity contribution in [3.05, 3.63) is 75.8 Å². The third kappa shape index (κ3) is 3.63. The zero-order valence-electron chi connectivity index (χ0n) is 10.9. The Labute approximate surface area is 117 Å². The Morgan fingerprint density at radius 1 is 1.10 bits per heavy atom. The largest absolute Gasteiger partial charge is 0.394 e. The molecular weight excluding hydrogens is 256 g/mol. The topological polar surface area (TPSA) is 75.4 Å². The van der Waals surface area contributed by atoms with Crippen molar-refractivity contribution in [3.63, 3.8) is 0 Å². The summed E-state index contributed by atoms with van der Waals surface area (Å²) in [5.74, 6) is 0. The molecule has 2 aromatic carbocycles. The van der Waals surface area contributed by atoms with Gasteiger partial charge in [0.2, 0.25) is 0 Å². The fourth-order valence-electron chi connectivity index (χ4n) is 1.95. The highest BCUT2D eigenvalue weighted by atomic mass is 16.6. The Kier molecular flexibility index (Phi) is 4.81. The summed E-state index contributed by atoms with van der Waals surface area (Å²) in [6.07, 6.45) is 0. The van der Waals surface area contributed by atoms with Crippen molar-refractivity contribution in [1.82, 2.24) is 5.32 Å². The van der Waals surface area contributed by atoms with Gasteiger partial charge in [0.15, 0.2) is 0 Å². The molecule has 2 N–H and O–H groups in total. The summed E-state index contributed by atoms with van der Waals surface area (Å²) in [6, 6.07) is 15.9. The summed E-state index contributed by atoms with van der Waals surface area (Å²) in [4.78, 5) is 10.1. The molecular formula is C15H16N2O3. The van der Waals surface area contributed by atoms with Crippen LogP contribution in [0.3, 0.4) is 0 Å². The second-order valence-corrected chi connectivity index (χ2v) is 4.45. The number of nitro benzene ring substituents is 1. The predicted octanol–water partition coefficient (Wildman–Crippen LogP) is 2.42. The summed E-state index contributed by atoms with van der Waals surface area (Å²) < 4.78 is 0. The van der Waals surface area contributed by atoms with Crippen LogP contribution >= 0.6 is 0 Å². The molecule has 0 heterocycles. The lowest BCUT2D eigenvalue weighted by Crippen LogP contribution is -2.23. The lowest BCUT2D eigenvalue weighted by molar-refractivity contribution is -0.384. The molecule has 0 aliphatic rings. The van der Waals surface area contributed by atoms with Crippen LogP contribution in [0.5, 0.6) is 0 Å². The molecule has 0 spiro atoms. The molecule has 1 atom stereocenters. The van der Waals surface area contributed by atoms with Crippen molar-refractivity contribution in [3.8, 4) is 0 Å². The summed E-state index contributed by atoms with van der Waals surface area (Å²) in [5, 5.41) is 23.2. The Morgan fingerprint density at radius 3 is 2.30 bits per heavy atom. The monoisotopic (exact) mass is 272 g/mol. The van der Waals surface area contributed by atoms with Crippen LogP contribution in [0.1, 0.15) is 17.2 Å². The van der Waals surface area contributed by atoms with Gasteiger partial charge in [0.25, 0.3) is 5.69 Å². The van der Waals surface area contributed by atoms with E-state index in [1.54, 1.807) is 12.1 Å². The fourth-order valence-corrected chi connectivity index (χ4v) is 1.95. The molecule has 0 amide bonds. The Bertz CT molecular complexity index is 555. The highest BCUT2D eigenvalue weighted by molar-refractivity contribution is 5.33. The predicted molar refractivity (Wildman–Crippen MR) is 76.2 cm³/mol. The molecule has 0 radical (unpaired) electrons. The van der Waals surface area contributed by atoms with Gasteiger partial charge in [-0.3, -0.25) is 10.1 Å². The lowest BCUT2D eigenvalue weighted by Gasteiger charge is -2.16. The molecule has 2 aromatic rings. The Hall–Kier alpha value is -2.24. The third-order valence-electron chi connectivity index (χ3n) is 3.08. The number of rotatable bonds is 6. The second-order valence-electron chi connectivity index (χ2n) is 4.45. The quantitative estimate of drug-likeness (QED) is 0.625. The Balaban J connectivity index is 1.98. The molecule has 5 heteroatoms. The first-order chi connectivity index (χ1) is 9.70. The van der Waals surface area contributed by atoms with E-state index in [9.17, 15) is 15.2 Å². The SMILES string of the molecule is O=[N+]([O-])c1ccc(CNC(CO)c2ccccc2)cc1. The Morgan fingerprint density at radius 2 is 1.75 bits per heavy atom. The number of nitrogens with zero attached hydrogens (tertiary/aromatic N) is 1. The van der Waals surface area contributed by atoms with Crippen LogP contribution in [0.15, 0.2) is 54.6 Å². The van der Waals surface area contributed by atoms with E-state index in [0.717, 1.165) is 11.1 Å². The van der Waals surface area contributed by atoms with Gasteiger partial charge in [-0.25, -0.2) is 0 Å².